The van der Waals surface area contributed by atoms with Crippen LogP contribution in [0.2, 0.25) is 10.2 Å². The summed E-state index contributed by atoms with van der Waals surface area (Å²) < 4.78 is 13.2. The number of nitrogens with one attached hydrogen (secondary N) is 1. The van der Waals surface area contributed by atoms with E-state index >= 15 is 0 Å². The number of pyridine rings is 1. The fraction of sp³-hybridized carbons (Fsp3) is 0. The molecule has 0 saturated heterocycles. The molecule has 0 unspecified atom stereocenters. The van der Waals surface area contributed by atoms with Crippen LogP contribution in [-0.4, -0.2) is 15.0 Å². The van der Waals surface area contributed by atoms with E-state index in [4.69, 9.17) is 23.2 Å². The van der Waals surface area contributed by atoms with Crippen LogP contribution in [0.25, 0.3) is 11.4 Å². The molecule has 3 rings (SSSR count). The van der Waals surface area contributed by atoms with Crippen molar-refractivity contribution < 1.29 is 4.39 Å². The van der Waals surface area contributed by atoms with Crippen LogP contribution in [0.15, 0.2) is 48.8 Å². The van der Waals surface area contributed by atoms with Gasteiger partial charge in [-0.3, -0.25) is 4.98 Å². The molecule has 22 heavy (non-hydrogen) atoms. The lowest BCUT2D eigenvalue weighted by molar-refractivity contribution is 0.628. The number of benzene rings is 1. The molecular formula is C15H9Cl2FN4. The minimum Gasteiger partial charge on any atom is -0.340 e. The Morgan fingerprint density at radius 2 is 1.73 bits per heavy atom. The molecule has 2 aromatic heterocycles. The SMILES string of the molecule is Fc1ccc(Nc2cc(Cl)nc(-c3ccncc3)n2)cc1Cl. The van der Waals surface area contributed by atoms with Gasteiger partial charge in [-0.2, -0.15) is 0 Å². The standard InChI is InChI=1S/C15H9Cl2FN4/c16-11-7-10(1-2-12(11)18)20-14-8-13(17)21-15(22-14)9-3-5-19-6-4-9/h1-8H,(H,20,21,22). The predicted molar refractivity (Wildman–Crippen MR) is 85.0 cm³/mol. The van der Waals surface area contributed by atoms with Gasteiger partial charge in [0.2, 0.25) is 0 Å². The second-order valence-electron chi connectivity index (χ2n) is 4.39. The van der Waals surface area contributed by atoms with Crippen LogP contribution >= 0.6 is 23.2 Å². The summed E-state index contributed by atoms with van der Waals surface area (Å²) in [5, 5.41) is 3.34. The van der Waals surface area contributed by atoms with Gasteiger partial charge in [0.15, 0.2) is 5.82 Å². The highest BCUT2D eigenvalue weighted by Gasteiger charge is 2.07. The van der Waals surface area contributed by atoms with Crippen molar-refractivity contribution in [1.82, 2.24) is 15.0 Å². The summed E-state index contributed by atoms with van der Waals surface area (Å²) in [6, 6.07) is 9.44. The lowest BCUT2D eigenvalue weighted by Gasteiger charge is -2.08. The Labute approximate surface area is 136 Å². The second-order valence-corrected chi connectivity index (χ2v) is 5.18. The summed E-state index contributed by atoms with van der Waals surface area (Å²) in [5.41, 5.74) is 1.39. The van der Waals surface area contributed by atoms with E-state index in [1.165, 1.54) is 12.1 Å². The fourth-order valence-electron chi connectivity index (χ4n) is 1.83. The van der Waals surface area contributed by atoms with Gasteiger partial charge >= 0.3 is 0 Å². The van der Waals surface area contributed by atoms with Gasteiger partial charge in [-0.05, 0) is 30.3 Å². The number of hydrogen-bond donors (Lipinski definition) is 1. The molecule has 0 aliphatic rings. The number of anilines is 2. The average molecular weight is 335 g/mol. The monoisotopic (exact) mass is 334 g/mol. The molecule has 0 bridgehead atoms. The number of halogens is 3. The molecule has 0 amide bonds. The molecule has 0 atom stereocenters. The molecule has 110 valence electrons. The molecule has 0 radical (unpaired) electrons. The Kier molecular flexibility index (Phi) is 4.18. The molecule has 2 heterocycles. The van der Waals surface area contributed by atoms with Gasteiger partial charge in [0.05, 0.1) is 5.02 Å². The topological polar surface area (TPSA) is 50.7 Å². The Morgan fingerprint density at radius 3 is 2.45 bits per heavy atom. The maximum absolute atomic E-state index is 13.2. The molecule has 0 fully saturated rings. The smallest absolute Gasteiger partial charge is 0.163 e. The van der Waals surface area contributed by atoms with Crippen molar-refractivity contribution in [2.45, 2.75) is 0 Å². The van der Waals surface area contributed by atoms with Gasteiger partial charge in [-0.15, -0.1) is 0 Å². The third kappa shape index (κ3) is 3.32. The highest BCUT2D eigenvalue weighted by molar-refractivity contribution is 6.31. The maximum Gasteiger partial charge on any atom is 0.163 e. The number of hydrogen-bond acceptors (Lipinski definition) is 4. The Bertz CT molecular complexity index is 812. The van der Waals surface area contributed by atoms with Crippen molar-refractivity contribution in [3.63, 3.8) is 0 Å². The van der Waals surface area contributed by atoms with Gasteiger partial charge in [0.25, 0.3) is 0 Å². The number of aromatic nitrogens is 3. The highest BCUT2D eigenvalue weighted by Crippen LogP contribution is 2.25. The molecule has 0 spiro atoms. The summed E-state index contributed by atoms with van der Waals surface area (Å²) >= 11 is 11.8. The van der Waals surface area contributed by atoms with E-state index in [1.807, 2.05) is 0 Å². The van der Waals surface area contributed by atoms with E-state index < -0.39 is 5.82 Å². The highest BCUT2D eigenvalue weighted by atomic mass is 35.5. The second kappa shape index (κ2) is 6.25. The summed E-state index contributed by atoms with van der Waals surface area (Å²) in [4.78, 5) is 12.5. The molecule has 0 aliphatic carbocycles. The van der Waals surface area contributed by atoms with Crippen LogP contribution in [0.5, 0.6) is 0 Å². The normalized spacial score (nSPS) is 10.5. The Hall–Kier alpha value is -2.24. The Balaban J connectivity index is 1.94. The summed E-state index contributed by atoms with van der Waals surface area (Å²) in [6.07, 6.45) is 3.29. The third-order valence-corrected chi connectivity index (χ3v) is 3.31. The average Bonchev–Trinajstić information content (AvgIpc) is 2.51. The molecule has 7 heteroatoms. The first-order valence-corrected chi connectivity index (χ1v) is 7.04. The zero-order chi connectivity index (χ0) is 15.5. The van der Waals surface area contributed by atoms with E-state index in [0.29, 0.717) is 17.3 Å². The minimum atomic E-state index is -0.481. The first-order chi connectivity index (χ1) is 10.6. The first kappa shape index (κ1) is 14.7. The van der Waals surface area contributed by atoms with E-state index in [0.717, 1.165) is 5.56 Å². The van der Waals surface area contributed by atoms with Crippen molar-refractivity contribution in [2.75, 3.05) is 5.32 Å². The van der Waals surface area contributed by atoms with Crippen LogP contribution in [0.4, 0.5) is 15.9 Å². The van der Waals surface area contributed by atoms with E-state index in [1.54, 1.807) is 36.7 Å². The van der Waals surface area contributed by atoms with Crippen molar-refractivity contribution in [3.8, 4) is 11.4 Å². The number of nitrogens with zero attached hydrogens (tertiary/aromatic N) is 3. The molecule has 3 aromatic rings. The molecule has 0 aliphatic heterocycles. The van der Waals surface area contributed by atoms with Gasteiger partial charge in [-0.25, -0.2) is 14.4 Å². The summed E-state index contributed by atoms with van der Waals surface area (Å²) in [5.74, 6) is 0.463. The summed E-state index contributed by atoms with van der Waals surface area (Å²) in [7, 11) is 0. The predicted octanol–water partition coefficient (Wildman–Crippen LogP) is 4.73. The van der Waals surface area contributed by atoms with Crippen LogP contribution in [-0.2, 0) is 0 Å². The quantitative estimate of drug-likeness (QED) is 0.703. The third-order valence-electron chi connectivity index (χ3n) is 2.83. The van der Waals surface area contributed by atoms with Gasteiger partial charge in [-0.1, -0.05) is 23.2 Å². The van der Waals surface area contributed by atoms with E-state index in [9.17, 15) is 4.39 Å². The van der Waals surface area contributed by atoms with E-state index in [2.05, 4.69) is 20.3 Å². The van der Waals surface area contributed by atoms with Crippen LogP contribution in [0.3, 0.4) is 0 Å². The van der Waals surface area contributed by atoms with Crippen molar-refractivity contribution in [2.24, 2.45) is 0 Å². The fourth-order valence-corrected chi connectivity index (χ4v) is 2.20. The molecule has 1 aromatic carbocycles. The molecule has 4 nitrogen and oxygen atoms in total. The van der Waals surface area contributed by atoms with Gasteiger partial charge < -0.3 is 5.32 Å². The molecule has 0 saturated carbocycles. The van der Waals surface area contributed by atoms with Crippen molar-refractivity contribution in [3.05, 3.63) is 64.8 Å². The Morgan fingerprint density at radius 1 is 0.955 bits per heavy atom. The summed E-state index contributed by atoms with van der Waals surface area (Å²) in [6.45, 7) is 0. The zero-order valence-corrected chi connectivity index (χ0v) is 12.6. The molecule has 1 N–H and O–H groups in total. The van der Waals surface area contributed by atoms with Crippen molar-refractivity contribution in [1.29, 1.82) is 0 Å². The number of rotatable bonds is 3. The van der Waals surface area contributed by atoms with Crippen LogP contribution in [0.1, 0.15) is 0 Å². The zero-order valence-electron chi connectivity index (χ0n) is 11.1. The van der Waals surface area contributed by atoms with Crippen LogP contribution < -0.4 is 5.32 Å². The first-order valence-electron chi connectivity index (χ1n) is 6.29. The largest absolute Gasteiger partial charge is 0.340 e. The van der Waals surface area contributed by atoms with Crippen LogP contribution in [0, 0.1) is 5.82 Å². The van der Waals surface area contributed by atoms with E-state index in [-0.39, 0.29) is 10.2 Å². The molecular weight excluding hydrogens is 326 g/mol. The lowest BCUT2D eigenvalue weighted by atomic mass is 10.2. The van der Waals surface area contributed by atoms with Gasteiger partial charge in [0, 0.05) is 29.7 Å². The van der Waals surface area contributed by atoms with Crippen molar-refractivity contribution >= 4 is 34.7 Å². The maximum atomic E-state index is 13.2. The lowest BCUT2D eigenvalue weighted by Crippen LogP contribution is -1.98. The minimum absolute atomic E-state index is 0.0273. The van der Waals surface area contributed by atoms with Gasteiger partial charge in [0.1, 0.15) is 16.8 Å².